The van der Waals surface area contributed by atoms with Crippen molar-refractivity contribution in [3.8, 4) is 0 Å². The van der Waals surface area contributed by atoms with Crippen LogP contribution in [-0.2, 0) is 187 Å². The van der Waals surface area contributed by atoms with Crippen LogP contribution in [0.25, 0.3) is 0 Å². The van der Waals surface area contributed by atoms with E-state index in [1.54, 1.807) is 34.6 Å². The molecule has 47 heteroatoms. The molecule has 21 atom stereocenters. The average molecular weight is 2010 g/mol. The summed E-state index contributed by atoms with van der Waals surface area (Å²) in [5.74, 6) is -12.9. The van der Waals surface area contributed by atoms with E-state index < -0.39 is 244 Å². The van der Waals surface area contributed by atoms with Crippen LogP contribution in [0.3, 0.4) is 0 Å². The Morgan fingerprint density at radius 3 is 1.00 bits per heavy atom. The number of carbonyl (C=O) groups excluding carboxylic acids is 19. The molecule has 0 saturated carbocycles. The molecule has 4 saturated heterocycles. The van der Waals surface area contributed by atoms with E-state index >= 15 is 4.79 Å². The van der Waals surface area contributed by atoms with Gasteiger partial charge in [0.1, 0.15) is 81.0 Å². The summed E-state index contributed by atoms with van der Waals surface area (Å²) in [5, 5.41) is 17.0. The largest absolute Gasteiger partial charge is 0.463 e. The SMILES string of the molecule is CCC(OC(=O)CCC(=O)C[S-](=P)=S)C(=O)N(CCN(CCNC(=O)CCCCO[C@@H]1OC(COC(C)=O)[C@H](OC(C)=O)[C@H](C)C1NC(C)=O)C(=O)CCCCC[C@@H]1OC(COC(C)=O)[C@H](OC(C)=O)[C@H](C)C1NC(C)=O)CCN(CCNC(=O)CCCCO[C@@H]1OC(COC(C)=O)[C@H](OC(C)=O)[C@H](C)C1NC(C)=O)C(=O)CCCCO[C@@H]1OC(COC(C)=O)[C@H](OC(C)=O)[C@H](C)C1NC(C)=O. The van der Waals surface area contributed by atoms with Gasteiger partial charge in [0.2, 0.25) is 47.3 Å². The summed E-state index contributed by atoms with van der Waals surface area (Å²) in [6.45, 7) is 20.5. The maximum atomic E-state index is 15.3. The number of nitrogens with zero attached hydrogens (tertiary/aromatic N) is 3. The van der Waals surface area contributed by atoms with E-state index in [0.29, 0.717) is 19.3 Å². The van der Waals surface area contributed by atoms with Crippen LogP contribution in [0.4, 0.5) is 0 Å². The maximum absolute atomic E-state index is 15.3. The molecule has 0 radical (unpaired) electrons. The van der Waals surface area contributed by atoms with Crippen LogP contribution in [0.1, 0.15) is 227 Å². The van der Waals surface area contributed by atoms with Crippen molar-refractivity contribution < 1.29 is 167 Å². The van der Waals surface area contributed by atoms with Crippen LogP contribution >= 0.6 is 8.02 Å². The summed E-state index contributed by atoms with van der Waals surface area (Å²) >= 11 is 5.15. The predicted molar refractivity (Wildman–Crippen MR) is 491 cm³/mol. The first kappa shape index (κ1) is 120. The Balaban J connectivity index is 1.71. The van der Waals surface area contributed by atoms with Gasteiger partial charge in [0.25, 0.3) is 5.91 Å². The number of unbranched alkanes of at least 4 members (excludes halogenated alkanes) is 5. The third-order valence-electron chi connectivity index (χ3n) is 23.0. The van der Waals surface area contributed by atoms with Gasteiger partial charge < -0.3 is 136 Å². The summed E-state index contributed by atoms with van der Waals surface area (Å²) in [7, 11) is 2.37. The fourth-order valence-corrected chi connectivity index (χ4v) is 17.7. The van der Waals surface area contributed by atoms with E-state index in [4.69, 9.17) is 87.0 Å². The zero-order valence-corrected chi connectivity index (χ0v) is 84.5. The predicted octanol–water partition coefficient (Wildman–Crippen LogP) is 2.51. The molecule has 4 aliphatic heterocycles. The molecule has 44 nitrogen and oxygen atoms in total. The lowest BCUT2D eigenvalue weighted by Crippen LogP contribution is -2.62. The monoisotopic (exact) mass is 2010 g/mol. The Kier molecular flexibility index (Phi) is 55.6. The molecule has 4 heterocycles. The second kappa shape index (κ2) is 63.4. The molecule has 4 fully saturated rings. The molecule has 0 aromatic carbocycles. The first-order valence-electron chi connectivity index (χ1n) is 46.7. The van der Waals surface area contributed by atoms with Gasteiger partial charge in [-0.3, -0.25) is 106 Å². The second-order valence-electron chi connectivity index (χ2n) is 34.5. The average Bonchev–Trinajstić information content (AvgIpc) is 0.809. The first-order valence-corrected chi connectivity index (χ1v) is 50.2. The Morgan fingerprint density at radius 1 is 0.365 bits per heavy atom. The number of rotatable bonds is 60. The highest BCUT2D eigenvalue weighted by atomic mass is 32.9. The summed E-state index contributed by atoms with van der Waals surface area (Å²) in [6, 6.07) is -3.19. The molecule has 6 N–H and O–H groups in total. The van der Waals surface area contributed by atoms with Gasteiger partial charge >= 0.3 is 53.7 Å². The van der Waals surface area contributed by atoms with Gasteiger partial charge in [0.15, 0.2) is 25.0 Å². The van der Waals surface area contributed by atoms with E-state index in [2.05, 4.69) is 39.9 Å². The van der Waals surface area contributed by atoms with E-state index in [1.165, 1.54) is 97.8 Å². The van der Waals surface area contributed by atoms with E-state index in [-0.39, 0.29) is 200 Å². The molecule has 0 spiro atoms. The summed E-state index contributed by atoms with van der Waals surface area (Å²) in [5.41, 5.74) is 0. The van der Waals surface area contributed by atoms with Crippen molar-refractivity contribution in [2.45, 2.75) is 331 Å². The van der Waals surface area contributed by atoms with Crippen molar-refractivity contribution in [2.75, 3.05) is 104 Å². The van der Waals surface area contributed by atoms with E-state index in [9.17, 15) is 86.3 Å². The van der Waals surface area contributed by atoms with Gasteiger partial charge in [-0.2, -0.15) is 0 Å². The second-order valence-corrected chi connectivity index (χ2v) is 39.0. The fraction of sp³-hybridized carbons (Fsp3) is 0.789. The van der Waals surface area contributed by atoms with Crippen LogP contribution in [0.5, 0.6) is 0 Å². The van der Waals surface area contributed by atoms with E-state index in [1.807, 2.05) is 0 Å². The normalized spacial score (nSPS) is 24.7. The molecule has 4 aliphatic rings. The van der Waals surface area contributed by atoms with Crippen LogP contribution in [-0.4, -0.2) is 336 Å². The van der Waals surface area contributed by atoms with Gasteiger partial charge in [-0.1, -0.05) is 53.2 Å². The Hall–Kier alpha value is -9.28. The minimum atomic E-state index is -1.48. The van der Waals surface area contributed by atoms with Crippen LogP contribution in [0, 0.1) is 23.7 Å². The Morgan fingerprint density at radius 2 is 0.679 bits per heavy atom. The molecule has 0 aromatic rings. The lowest BCUT2D eigenvalue weighted by Gasteiger charge is -2.45. The quantitative estimate of drug-likeness (QED) is 0.0167. The Labute approximate surface area is 809 Å². The lowest BCUT2D eigenvalue weighted by atomic mass is 9.83. The number of carbonyl (C=O) groups is 19. The van der Waals surface area contributed by atoms with Crippen LogP contribution in [0.15, 0.2) is 0 Å². The number of nitrogens with one attached hydrogen (secondary N) is 6. The molecular formula is C90H145N9O35PS2-. The number of Topliss-reactive ketones (excluding diaryl/α,β-unsaturated/α-hetero) is 1. The molecule has 0 aliphatic carbocycles. The smallest absolute Gasteiger partial charge is 0.307 e. The number of amides is 9. The molecular weight excluding hydrogens is 1860 g/mol. The van der Waals surface area contributed by atoms with Crippen molar-refractivity contribution in [1.82, 2.24) is 46.6 Å². The minimum Gasteiger partial charge on any atom is -0.463 e. The number of hydrogen-bond donors (Lipinski definition) is 6. The van der Waals surface area contributed by atoms with Crippen molar-refractivity contribution in [3.63, 3.8) is 0 Å². The summed E-state index contributed by atoms with van der Waals surface area (Å²) in [4.78, 5) is 250. The number of ether oxygens (including phenoxy) is 16. The maximum Gasteiger partial charge on any atom is 0.307 e. The molecule has 0 aromatic heterocycles. The zero-order chi connectivity index (χ0) is 102. The van der Waals surface area contributed by atoms with Crippen LogP contribution < -0.4 is 31.9 Å². The number of esters is 9. The van der Waals surface area contributed by atoms with E-state index in [0.717, 1.165) is 0 Å². The van der Waals surface area contributed by atoms with Gasteiger partial charge in [0.05, 0.1) is 36.7 Å². The van der Waals surface area contributed by atoms with Crippen LogP contribution in [0.2, 0.25) is 0 Å². The van der Waals surface area contributed by atoms with Gasteiger partial charge in [-0.05, 0) is 57.8 Å². The fourth-order valence-electron chi connectivity index (χ4n) is 16.3. The third-order valence-corrected chi connectivity index (χ3v) is 24.4. The van der Waals surface area contributed by atoms with Gasteiger partial charge in [-0.15, -0.1) is 0 Å². The molecule has 137 heavy (non-hydrogen) atoms. The Bertz CT molecular complexity index is 3860. The number of hydrogen-bond acceptors (Lipinski definition) is 37. The highest BCUT2D eigenvalue weighted by Crippen LogP contribution is 2.36. The first-order chi connectivity index (χ1) is 64.7. The summed E-state index contributed by atoms with van der Waals surface area (Å²) < 4.78 is 92.7. The highest BCUT2D eigenvalue weighted by molar-refractivity contribution is 8.39. The van der Waals surface area contributed by atoms with Gasteiger partial charge in [0, 0.05) is 211 Å². The number of ketones is 1. The standard InChI is InChI=1S/C90H145N9O35PS2/c1-18-68(131-78(117)34-33-67(112)50-137(135)136)87(118)99(41-39-97(76(115)31-21-19-20-28-69-79(93-55(6)100)51(2)83(126-63(14)108)70(130-69)46-122-59(10)104)37-35-91-74(113)29-22-25-43-119-88-80(94-56(7)101)52(3)84(127-64(15)109)71(132-88)47-123-60(11)105)42-40-98(77(116)32-24-27-45-121-90-82(96-58(9)103)54(5)86(129-66(17)111)73(134-90)49-125-62(13)107)38-36-92-75(114)30-23-26-44-120-89-81(95-57(8)102)53(4)85(128-65(16)110)72(133-89)48-124-61(12)106/h51-54,68-73,79-86,88-90,135H,18-50H2,1-17H3,(H,91,113)(H,92,114)(H,93,100)(H,94,101)(H,95,102)(H,96,103)/q-1/t51-,52-,53-,54-,68?,69+,70?,71?,72?,73?,79?,80?,81?,82?,83-,84-,85-,86-,88-,89-,90-/m1/s1. The molecule has 9 amide bonds. The van der Waals surface area contributed by atoms with Crippen molar-refractivity contribution in [1.29, 1.82) is 0 Å². The molecule has 9 unspecified atom stereocenters. The molecule has 4 rings (SSSR count). The van der Waals surface area contributed by atoms with Crippen molar-refractivity contribution in [3.05, 3.63) is 0 Å². The highest BCUT2D eigenvalue weighted by Gasteiger charge is 2.52. The lowest BCUT2D eigenvalue weighted by molar-refractivity contribution is -0.262. The topological polar surface area (TPSA) is 554 Å². The molecule has 778 valence electrons. The third kappa shape index (κ3) is 45.7. The van der Waals surface area contributed by atoms with Crippen molar-refractivity contribution >= 4 is 141 Å². The molecule has 0 bridgehead atoms. The zero-order valence-electron chi connectivity index (χ0n) is 81.9. The van der Waals surface area contributed by atoms with Crippen molar-refractivity contribution in [2.24, 2.45) is 23.7 Å². The van der Waals surface area contributed by atoms with Gasteiger partial charge in [-0.25, -0.2) is 0 Å². The summed E-state index contributed by atoms with van der Waals surface area (Å²) in [6.07, 6.45) is -11.4. The minimum absolute atomic E-state index is 0.00690.